The van der Waals surface area contributed by atoms with Gasteiger partial charge in [0.1, 0.15) is 0 Å². The lowest BCUT2D eigenvalue weighted by molar-refractivity contribution is 0.0649. The highest BCUT2D eigenvalue weighted by Crippen LogP contribution is 2.22. The van der Waals surface area contributed by atoms with Crippen LogP contribution in [-0.4, -0.2) is 35.0 Å². The van der Waals surface area contributed by atoms with E-state index in [1.807, 2.05) is 6.92 Å². The van der Waals surface area contributed by atoms with Gasteiger partial charge in [-0.1, -0.05) is 19.1 Å². The Morgan fingerprint density at radius 3 is 2.22 bits per heavy atom. The van der Waals surface area contributed by atoms with Crippen LogP contribution in [0.5, 0.6) is 0 Å². The molecule has 1 aromatic rings. The van der Waals surface area contributed by atoms with Gasteiger partial charge in [-0.15, -0.1) is 0 Å². The molecule has 0 radical (unpaired) electrons. The average Bonchev–Trinajstić information content (AvgIpc) is 2.64. The molecule has 96 valence electrons. The molecule has 4 heteroatoms. The van der Waals surface area contributed by atoms with E-state index in [2.05, 4.69) is 0 Å². The van der Waals surface area contributed by atoms with Crippen LogP contribution >= 0.6 is 0 Å². The highest BCUT2D eigenvalue weighted by atomic mass is 16.3. The zero-order chi connectivity index (χ0) is 13.1. The van der Waals surface area contributed by atoms with E-state index in [1.165, 1.54) is 4.90 Å². The summed E-state index contributed by atoms with van der Waals surface area (Å²) in [4.78, 5) is 25.3. The Balaban J connectivity index is 2.01. The van der Waals surface area contributed by atoms with Crippen molar-refractivity contribution >= 4 is 11.8 Å². The molecule has 0 spiro atoms. The number of benzene rings is 1. The number of carbonyl (C=O) groups excluding carboxylic acids is 2. The van der Waals surface area contributed by atoms with Gasteiger partial charge in [-0.2, -0.15) is 0 Å². The maximum Gasteiger partial charge on any atom is 0.261 e. The van der Waals surface area contributed by atoms with Gasteiger partial charge in [0.25, 0.3) is 11.8 Å². The first-order chi connectivity index (χ1) is 8.65. The second-order valence-electron chi connectivity index (χ2n) is 4.74. The molecule has 1 aliphatic rings. The normalized spacial score (nSPS) is 16.0. The van der Waals surface area contributed by atoms with Crippen molar-refractivity contribution < 1.29 is 14.7 Å². The number of rotatable bonds is 5. The van der Waals surface area contributed by atoms with Crippen LogP contribution in [0.15, 0.2) is 24.3 Å². The number of hydrogen-bond donors (Lipinski definition) is 1. The Kier molecular flexibility index (Phi) is 3.77. The summed E-state index contributed by atoms with van der Waals surface area (Å²) in [5.41, 5.74) is 0.996. The van der Waals surface area contributed by atoms with Gasteiger partial charge in [-0.25, -0.2) is 0 Å². The van der Waals surface area contributed by atoms with E-state index in [-0.39, 0.29) is 24.3 Å². The maximum absolute atomic E-state index is 12.0. The summed E-state index contributed by atoms with van der Waals surface area (Å²) in [5.74, 6) is -0.195. The standard InChI is InChI=1S/C14H17NO3/c1-10(9-16)5-4-8-15-13(17)11-6-2-3-7-12(11)14(15)18/h2-3,6-7,10,16H,4-5,8-9H2,1H3/t10-/m0/s1. The minimum absolute atomic E-state index is 0.141. The lowest BCUT2D eigenvalue weighted by atomic mass is 10.1. The van der Waals surface area contributed by atoms with Crippen molar-refractivity contribution in [2.75, 3.05) is 13.2 Å². The zero-order valence-electron chi connectivity index (χ0n) is 10.4. The first kappa shape index (κ1) is 12.8. The fourth-order valence-electron chi connectivity index (χ4n) is 2.13. The summed E-state index contributed by atoms with van der Waals surface area (Å²) >= 11 is 0. The number of fused-ring (bicyclic) bond motifs is 1. The lowest BCUT2D eigenvalue weighted by Crippen LogP contribution is -2.31. The molecule has 1 heterocycles. The van der Waals surface area contributed by atoms with Crippen molar-refractivity contribution in [1.82, 2.24) is 4.90 Å². The summed E-state index contributed by atoms with van der Waals surface area (Å²) in [6.07, 6.45) is 1.54. The summed E-state index contributed by atoms with van der Waals surface area (Å²) in [6.45, 7) is 2.52. The number of amides is 2. The summed E-state index contributed by atoms with van der Waals surface area (Å²) in [5, 5.41) is 8.93. The predicted molar refractivity (Wildman–Crippen MR) is 67.3 cm³/mol. The van der Waals surface area contributed by atoms with Crippen molar-refractivity contribution in [3.05, 3.63) is 35.4 Å². The van der Waals surface area contributed by atoms with Crippen LogP contribution in [0.25, 0.3) is 0 Å². The van der Waals surface area contributed by atoms with Gasteiger partial charge in [0.2, 0.25) is 0 Å². The fourth-order valence-corrected chi connectivity index (χ4v) is 2.13. The molecular formula is C14H17NO3. The molecule has 1 aliphatic heterocycles. The second-order valence-corrected chi connectivity index (χ2v) is 4.74. The first-order valence-corrected chi connectivity index (χ1v) is 6.21. The third kappa shape index (κ3) is 2.29. The van der Waals surface area contributed by atoms with E-state index in [4.69, 9.17) is 5.11 Å². The molecule has 0 aliphatic carbocycles. The van der Waals surface area contributed by atoms with E-state index in [1.54, 1.807) is 24.3 Å². The molecule has 1 atom stereocenters. The van der Waals surface area contributed by atoms with Crippen LogP contribution in [0.3, 0.4) is 0 Å². The molecule has 0 fully saturated rings. The van der Waals surface area contributed by atoms with Crippen LogP contribution in [0.2, 0.25) is 0 Å². The fraction of sp³-hybridized carbons (Fsp3) is 0.429. The SMILES string of the molecule is C[C@H](CO)CCCN1C(=O)c2ccccc2C1=O. The third-order valence-corrected chi connectivity index (χ3v) is 3.27. The number of imide groups is 1. The van der Waals surface area contributed by atoms with E-state index in [0.717, 1.165) is 12.8 Å². The smallest absolute Gasteiger partial charge is 0.261 e. The Hall–Kier alpha value is -1.68. The van der Waals surface area contributed by atoms with Gasteiger partial charge in [-0.3, -0.25) is 14.5 Å². The predicted octanol–water partition coefficient (Wildman–Crippen LogP) is 1.69. The molecule has 2 rings (SSSR count). The van der Waals surface area contributed by atoms with Crippen molar-refractivity contribution in [2.24, 2.45) is 5.92 Å². The van der Waals surface area contributed by atoms with E-state index >= 15 is 0 Å². The summed E-state index contributed by atoms with van der Waals surface area (Å²) in [6, 6.07) is 6.90. The number of hydrogen-bond acceptors (Lipinski definition) is 3. The second kappa shape index (κ2) is 5.31. The Labute approximate surface area is 106 Å². The van der Waals surface area contributed by atoms with Crippen molar-refractivity contribution in [3.8, 4) is 0 Å². The van der Waals surface area contributed by atoms with Crippen LogP contribution in [0, 0.1) is 5.92 Å². The average molecular weight is 247 g/mol. The molecule has 0 bridgehead atoms. The first-order valence-electron chi connectivity index (χ1n) is 6.21. The molecule has 18 heavy (non-hydrogen) atoms. The monoisotopic (exact) mass is 247 g/mol. The van der Waals surface area contributed by atoms with Crippen LogP contribution < -0.4 is 0 Å². The van der Waals surface area contributed by atoms with E-state index in [9.17, 15) is 9.59 Å². The topological polar surface area (TPSA) is 57.6 Å². The van der Waals surface area contributed by atoms with Gasteiger partial charge >= 0.3 is 0 Å². The number of carbonyl (C=O) groups is 2. The Bertz CT molecular complexity index is 435. The highest BCUT2D eigenvalue weighted by Gasteiger charge is 2.34. The van der Waals surface area contributed by atoms with Gasteiger partial charge in [0.15, 0.2) is 0 Å². The largest absolute Gasteiger partial charge is 0.396 e. The van der Waals surface area contributed by atoms with Crippen molar-refractivity contribution in [2.45, 2.75) is 19.8 Å². The minimum Gasteiger partial charge on any atom is -0.396 e. The van der Waals surface area contributed by atoms with Crippen LogP contribution in [0.4, 0.5) is 0 Å². The van der Waals surface area contributed by atoms with Crippen LogP contribution in [0.1, 0.15) is 40.5 Å². The van der Waals surface area contributed by atoms with Gasteiger partial charge in [0.05, 0.1) is 11.1 Å². The highest BCUT2D eigenvalue weighted by molar-refractivity contribution is 6.21. The number of nitrogens with zero attached hydrogens (tertiary/aromatic N) is 1. The lowest BCUT2D eigenvalue weighted by Gasteiger charge is -2.14. The summed E-state index contributed by atoms with van der Waals surface area (Å²) < 4.78 is 0. The van der Waals surface area contributed by atoms with Crippen LogP contribution in [-0.2, 0) is 0 Å². The molecule has 2 amide bonds. The molecule has 0 saturated heterocycles. The summed E-state index contributed by atoms with van der Waals surface area (Å²) in [7, 11) is 0. The number of aliphatic hydroxyl groups is 1. The van der Waals surface area contributed by atoms with E-state index < -0.39 is 0 Å². The minimum atomic E-state index is -0.202. The molecule has 1 aromatic carbocycles. The van der Waals surface area contributed by atoms with Crippen molar-refractivity contribution in [1.29, 1.82) is 0 Å². The molecular weight excluding hydrogens is 230 g/mol. The van der Waals surface area contributed by atoms with E-state index in [0.29, 0.717) is 17.7 Å². The van der Waals surface area contributed by atoms with Crippen molar-refractivity contribution in [3.63, 3.8) is 0 Å². The number of aliphatic hydroxyl groups excluding tert-OH is 1. The quantitative estimate of drug-likeness (QED) is 0.805. The maximum atomic E-state index is 12.0. The Morgan fingerprint density at radius 2 is 1.72 bits per heavy atom. The van der Waals surface area contributed by atoms with Gasteiger partial charge in [-0.05, 0) is 30.9 Å². The third-order valence-electron chi connectivity index (χ3n) is 3.27. The molecule has 0 aromatic heterocycles. The Morgan fingerprint density at radius 1 is 1.17 bits per heavy atom. The molecule has 1 N–H and O–H groups in total. The molecule has 0 saturated carbocycles. The molecule has 0 unspecified atom stereocenters. The zero-order valence-corrected chi connectivity index (χ0v) is 10.4. The van der Waals surface area contributed by atoms with Gasteiger partial charge in [0, 0.05) is 13.2 Å². The van der Waals surface area contributed by atoms with Gasteiger partial charge < -0.3 is 5.11 Å². The molecule has 4 nitrogen and oxygen atoms in total.